The molecule has 3 aliphatic rings. The van der Waals surface area contributed by atoms with Gasteiger partial charge in [0, 0.05) is 30.0 Å². The zero-order chi connectivity index (χ0) is 17.6. The zero-order valence-electron chi connectivity index (χ0n) is 15.5. The molecule has 25 heavy (non-hydrogen) atoms. The molecule has 1 N–H and O–H groups in total. The Hall–Kier alpha value is -1.55. The fraction of sp³-hybridized carbons (Fsp3) is 0.667. The van der Waals surface area contributed by atoms with E-state index in [2.05, 4.69) is 5.32 Å². The molecule has 0 bridgehead atoms. The lowest BCUT2D eigenvalue weighted by atomic mass is 9.61. The van der Waals surface area contributed by atoms with Gasteiger partial charge in [-0.2, -0.15) is 0 Å². The lowest BCUT2D eigenvalue weighted by Crippen LogP contribution is -2.63. The number of carbonyl (C=O) groups excluding carboxylic acids is 1. The maximum absolute atomic E-state index is 12.9. The molecule has 4 heteroatoms. The van der Waals surface area contributed by atoms with E-state index in [4.69, 9.17) is 9.47 Å². The molecule has 1 saturated heterocycles. The molecule has 3 fully saturated rings. The van der Waals surface area contributed by atoms with Crippen LogP contribution in [0.1, 0.15) is 53.6 Å². The summed E-state index contributed by atoms with van der Waals surface area (Å²) in [5, 5.41) is 3.36. The summed E-state index contributed by atoms with van der Waals surface area (Å²) in [6, 6.07) is 4.16. The Bertz CT molecular complexity index is 637. The monoisotopic (exact) mass is 343 g/mol. The standard InChI is InChI=1S/C21H29NO3/c1-12-10-15(11-13(2)19(12)24-3)21(23)22-18-16-8-9-25-20(16)17(18)14-6-4-5-7-14/h10-11,14,16-18,20H,4-9H2,1-3H3,(H,22,23)/t16-,17+,18+,20-/m1/s1. The summed E-state index contributed by atoms with van der Waals surface area (Å²) in [5.41, 5.74) is 2.76. The molecule has 2 aliphatic carbocycles. The van der Waals surface area contributed by atoms with E-state index < -0.39 is 0 Å². The van der Waals surface area contributed by atoms with E-state index in [0.29, 0.717) is 17.9 Å². The molecule has 1 aromatic rings. The van der Waals surface area contributed by atoms with Gasteiger partial charge in [0.2, 0.25) is 0 Å². The van der Waals surface area contributed by atoms with Crippen molar-refractivity contribution in [2.45, 2.75) is 58.1 Å². The fourth-order valence-electron chi connectivity index (χ4n) is 5.50. The molecule has 1 aliphatic heterocycles. The molecule has 2 saturated carbocycles. The van der Waals surface area contributed by atoms with Crippen LogP contribution >= 0.6 is 0 Å². The topological polar surface area (TPSA) is 47.6 Å². The first-order chi connectivity index (χ1) is 12.1. The lowest BCUT2D eigenvalue weighted by Gasteiger charge is -2.50. The Balaban J connectivity index is 1.51. The van der Waals surface area contributed by atoms with Crippen LogP contribution in [0.5, 0.6) is 5.75 Å². The van der Waals surface area contributed by atoms with E-state index in [-0.39, 0.29) is 11.9 Å². The average molecular weight is 343 g/mol. The molecule has 0 aromatic heterocycles. The average Bonchev–Trinajstić information content (AvgIpc) is 3.23. The van der Waals surface area contributed by atoms with Crippen LogP contribution in [-0.2, 0) is 4.74 Å². The number of carbonyl (C=O) groups is 1. The molecule has 136 valence electrons. The normalized spacial score (nSPS) is 31.5. The van der Waals surface area contributed by atoms with Crippen LogP contribution < -0.4 is 10.1 Å². The molecular formula is C21H29NO3. The highest BCUT2D eigenvalue weighted by Crippen LogP contribution is 2.51. The van der Waals surface area contributed by atoms with Crippen molar-refractivity contribution in [2.75, 3.05) is 13.7 Å². The highest BCUT2D eigenvalue weighted by Gasteiger charge is 2.57. The number of methoxy groups -OCH3 is 1. The fourth-order valence-corrected chi connectivity index (χ4v) is 5.50. The van der Waals surface area contributed by atoms with E-state index in [9.17, 15) is 4.79 Å². The van der Waals surface area contributed by atoms with Crippen LogP contribution in [-0.4, -0.2) is 31.8 Å². The highest BCUT2D eigenvalue weighted by molar-refractivity contribution is 5.95. The van der Waals surface area contributed by atoms with Gasteiger partial charge >= 0.3 is 0 Å². The molecular weight excluding hydrogens is 314 g/mol. The van der Waals surface area contributed by atoms with E-state index in [1.807, 2.05) is 26.0 Å². The molecule has 0 radical (unpaired) electrons. The van der Waals surface area contributed by atoms with Crippen LogP contribution in [0.3, 0.4) is 0 Å². The van der Waals surface area contributed by atoms with E-state index in [1.54, 1.807) is 7.11 Å². The van der Waals surface area contributed by atoms with Gasteiger partial charge in [0.25, 0.3) is 5.91 Å². The van der Waals surface area contributed by atoms with Crippen LogP contribution in [0.15, 0.2) is 12.1 Å². The maximum atomic E-state index is 12.9. The molecule has 4 nitrogen and oxygen atoms in total. The van der Waals surface area contributed by atoms with Crippen molar-refractivity contribution in [3.8, 4) is 5.75 Å². The minimum atomic E-state index is 0.0483. The van der Waals surface area contributed by atoms with Crippen molar-refractivity contribution >= 4 is 5.91 Å². The van der Waals surface area contributed by atoms with E-state index >= 15 is 0 Å². The van der Waals surface area contributed by atoms with Crippen LogP contribution in [0.2, 0.25) is 0 Å². The first kappa shape index (κ1) is 16.9. The summed E-state index contributed by atoms with van der Waals surface area (Å²) < 4.78 is 11.4. The van der Waals surface area contributed by atoms with Crippen molar-refractivity contribution in [3.05, 3.63) is 28.8 Å². The summed E-state index contributed by atoms with van der Waals surface area (Å²) in [6.45, 7) is 4.84. The number of benzene rings is 1. The van der Waals surface area contributed by atoms with Gasteiger partial charge in [-0.1, -0.05) is 25.7 Å². The van der Waals surface area contributed by atoms with Crippen molar-refractivity contribution in [1.82, 2.24) is 5.32 Å². The zero-order valence-corrected chi connectivity index (χ0v) is 15.5. The Morgan fingerprint density at radius 3 is 2.48 bits per heavy atom. The number of aryl methyl sites for hydroxylation is 2. The van der Waals surface area contributed by atoms with E-state index in [0.717, 1.165) is 41.4 Å². The third kappa shape index (κ3) is 2.84. The number of nitrogens with one attached hydrogen (secondary N) is 1. The van der Waals surface area contributed by atoms with Gasteiger partial charge in [0.15, 0.2) is 0 Å². The van der Waals surface area contributed by atoms with Crippen molar-refractivity contribution in [1.29, 1.82) is 0 Å². The van der Waals surface area contributed by atoms with Gasteiger partial charge < -0.3 is 14.8 Å². The molecule has 1 aromatic carbocycles. The number of fused-ring (bicyclic) bond motifs is 1. The highest BCUT2D eigenvalue weighted by atomic mass is 16.5. The predicted molar refractivity (Wildman–Crippen MR) is 97.0 cm³/mol. The second-order valence-electron chi connectivity index (χ2n) is 8.05. The number of amides is 1. The maximum Gasteiger partial charge on any atom is 0.251 e. The number of rotatable bonds is 4. The largest absolute Gasteiger partial charge is 0.496 e. The second-order valence-corrected chi connectivity index (χ2v) is 8.05. The number of hydrogen-bond acceptors (Lipinski definition) is 3. The Kier molecular flexibility index (Phi) is 4.48. The number of ether oxygens (including phenoxy) is 2. The summed E-state index contributed by atoms with van der Waals surface area (Å²) >= 11 is 0. The van der Waals surface area contributed by atoms with Crippen LogP contribution in [0.25, 0.3) is 0 Å². The Labute approximate surface area is 150 Å². The molecule has 4 atom stereocenters. The third-order valence-corrected chi connectivity index (χ3v) is 6.61. The van der Waals surface area contributed by atoms with Gasteiger partial charge in [0.1, 0.15) is 5.75 Å². The summed E-state index contributed by atoms with van der Waals surface area (Å²) in [6.07, 6.45) is 6.72. The second kappa shape index (κ2) is 6.64. The molecule has 1 amide bonds. The first-order valence-electron chi connectivity index (χ1n) is 9.68. The molecule has 0 spiro atoms. The molecule has 1 heterocycles. The summed E-state index contributed by atoms with van der Waals surface area (Å²) in [5.74, 6) is 2.67. The van der Waals surface area contributed by atoms with Crippen molar-refractivity contribution < 1.29 is 14.3 Å². The quantitative estimate of drug-likeness (QED) is 0.908. The SMILES string of the molecule is COc1c(C)cc(C(=O)N[C@H]2[C@H]3CCO[C@H]3[C@H]2C2CCCC2)cc1C. The van der Waals surface area contributed by atoms with Gasteiger partial charge in [-0.25, -0.2) is 0 Å². The molecule has 0 unspecified atom stereocenters. The summed E-state index contributed by atoms with van der Waals surface area (Å²) in [4.78, 5) is 12.9. The van der Waals surface area contributed by atoms with Gasteiger partial charge in [0.05, 0.1) is 13.2 Å². The number of hydrogen-bond donors (Lipinski definition) is 1. The van der Waals surface area contributed by atoms with Gasteiger partial charge in [-0.05, 0) is 49.4 Å². The van der Waals surface area contributed by atoms with Crippen molar-refractivity contribution in [3.63, 3.8) is 0 Å². The van der Waals surface area contributed by atoms with Gasteiger partial charge in [-0.3, -0.25) is 4.79 Å². The third-order valence-electron chi connectivity index (χ3n) is 6.61. The minimum Gasteiger partial charge on any atom is -0.496 e. The predicted octanol–water partition coefficient (Wildman–Crippen LogP) is 3.64. The van der Waals surface area contributed by atoms with Crippen LogP contribution in [0, 0.1) is 31.6 Å². The Morgan fingerprint density at radius 2 is 1.84 bits per heavy atom. The lowest BCUT2D eigenvalue weighted by molar-refractivity contribution is -0.0784. The minimum absolute atomic E-state index is 0.0483. The smallest absolute Gasteiger partial charge is 0.251 e. The molecule has 4 rings (SSSR count). The van der Waals surface area contributed by atoms with E-state index in [1.165, 1.54) is 25.7 Å². The first-order valence-corrected chi connectivity index (χ1v) is 9.68. The van der Waals surface area contributed by atoms with Crippen LogP contribution in [0.4, 0.5) is 0 Å². The van der Waals surface area contributed by atoms with Gasteiger partial charge in [-0.15, -0.1) is 0 Å². The Morgan fingerprint density at radius 1 is 1.16 bits per heavy atom. The van der Waals surface area contributed by atoms with Crippen molar-refractivity contribution in [2.24, 2.45) is 17.8 Å². The summed E-state index contributed by atoms with van der Waals surface area (Å²) in [7, 11) is 1.68.